The van der Waals surface area contributed by atoms with Crippen LogP contribution in [0.3, 0.4) is 0 Å². The van der Waals surface area contributed by atoms with Crippen LogP contribution in [0.25, 0.3) is 0 Å². The second-order valence-electron chi connectivity index (χ2n) is 12.8. The molecule has 4 atom stereocenters. The van der Waals surface area contributed by atoms with E-state index < -0.39 is 21.3 Å². The van der Waals surface area contributed by atoms with Crippen LogP contribution in [0.1, 0.15) is 61.3 Å². The zero-order chi connectivity index (χ0) is 31.4. The predicted octanol–water partition coefficient (Wildman–Crippen LogP) is 3.37. The van der Waals surface area contributed by atoms with Crippen molar-refractivity contribution in [3.8, 4) is 0 Å². The number of halogens is 1. The van der Waals surface area contributed by atoms with Gasteiger partial charge in [0.05, 0.1) is 0 Å². The third kappa shape index (κ3) is 7.83. The van der Waals surface area contributed by atoms with Crippen LogP contribution < -0.4 is 11.1 Å². The molecule has 9 nitrogen and oxygen atoms in total. The minimum atomic E-state index is -3.43. The summed E-state index contributed by atoms with van der Waals surface area (Å²) in [5.74, 6) is -0.0673. The van der Waals surface area contributed by atoms with Crippen molar-refractivity contribution in [2.75, 3.05) is 39.5 Å². The summed E-state index contributed by atoms with van der Waals surface area (Å²) in [7, 11) is -1.41. The molecule has 2 aromatic carbocycles. The fraction of sp³-hybridized carbons (Fsp3) is 0.576. The molecule has 4 unspecified atom stereocenters. The van der Waals surface area contributed by atoms with Gasteiger partial charge >= 0.3 is 0 Å². The Kier molecular flexibility index (Phi) is 10.7. The molecule has 11 heteroatoms. The number of benzene rings is 2. The van der Waals surface area contributed by atoms with Crippen LogP contribution in [0.5, 0.6) is 0 Å². The normalized spacial score (nSPS) is 22.3. The molecule has 3 aliphatic rings. The zero-order valence-electron chi connectivity index (χ0n) is 25.8. The molecule has 0 spiro atoms. The number of carbonyl (C=O) groups excluding carboxylic acids is 2. The van der Waals surface area contributed by atoms with Crippen molar-refractivity contribution in [1.29, 1.82) is 0 Å². The maximum absolute atomic E-state index is 14.0. The van der Waals surface area contributed by atoms with Gasteiger partial charge in [0.1, 0.15) is 11.4 Å². The molecular weight excluding hydrogens is 598 g/mol. The lowest BCUT2D eigenvalue weighted by Gasteiger charge is -2.45. The van der Waals surface area contributed by atoms with Gasteiger partial charge in [0, 0.05) is 68.9 Å². The molecule has 2 aliphatic heterocycles. The van der Waals surface area contributed by atoms with Crippen molar-refractivity contribution in [3.63, 3.8) is 0 Å². The average Bonchev–Trinajstić information content (AvgIpc) is 3.32. The Morgan fingerprint density at radius 1 is 1.00 bits per heavy atom. The quantitative estimate of drug-likeness (QED) is 0.408. The zero-order valence-corrected chi connectivity index (χ0v) is 27.4. The van der Waals surface area contributed by atoms with Crippen molar-refractivity contribution in [1.82, 2.24) is 20.0 Å². The second-order valence-corrected chi connectivity index (χ2v) is 15.5. The number of nitrogens with two attached hydrogens (primary N) is 1. The van der Waals surface area contributed by atoms with Crippen LogP contribution in [0.2, 0.25) is 5.02 Å². The highest BCUT2D eigenvalue weighted by Gasteiger charge is 2.40. The Morgan fingerprint density at radius 2 is 1.66 bits per heavy atom. The van der Waals surface area contributed by atoms with Crippen molar-refractivity contribution in [2.45, 2.75) is 75.0 Å². The molecule has 2 fully saturated rings. The van der Waals surface area contributed by atoms with E-state index in [2.05, 4.69) is 27.2 Å². The van der Waals surface area contributed by atoms with E-state index in [-0.39, 0.29) is 36.2 Å². The van der Waals surface area contributed by atoms with Gasteiger partial charge in [-0.25, -0.2) is 8.42 Å². The molecule has 2 heterocycles. The van der Waals surface area contributed by atoms with Gasteiger partial charge in [0.25, 0.3) is 0 Å². The Labute approximate surface area is 267 Å². The molecule has 5 rings (SSSR count). The molecular formula is C33H46ClN5O4S. The molecule has 1 saturated heterocycles. The van der Waals surface area contributed by atoms with Crippen LogP contribution in [-0.4, -0.2) is 91.9 Å². The molecule has 0 aromatic heterocycles. The SMILES string of the molecule is CN1Cc2ccccc2C1CC(=O)NC(Cc1ccc(Cl)cc1)C(=O)N1CCN(C(C2CCCCC2)C(N)S(C)(=O)=O)CC1. The van der Waals surface area contributed by atoms with Gasteiger partial charge in [-0.15, -0.1) is 0 Å². The van der Waals surface area contributed by atoms with E-state index in [0.29, 0.717) is 37.6 Å². The molecule has 44 heavy (non-hydrogen) atoms. The summed E-state index contributed by atoms with van der Waals surface area (Å²) < 4.78 is 25.1. The topological polar surface area (TPSA) is 116 Å². The highest BCUT2D eigenvalue weighted by atomic mass is 35.5. The number of fused-ring (bicyclic) bond motifs is 1. The first-order valence-electron chi connectivity index (χ1n) is 15.8. The summed E-state index contributed by atoms with van der Waals surface area (Å²) in [6.07, 6.45) is 7.13. The summed E-state index contributed by atoms with van der Waals surface area (Å²) in [6.45, 7) is 2.77. The van der Waals surface area contributed by atoms with Crippen LogP contribution in [0.4, 0.5) is 0 Å². The van der Waals surface area contributed by atoms with E-state index in [1.807, 2.05) is 31.3 Å². The maximum Gasteiger partial charge on any atom is 0.245 e. The van der Waals surface area contributed by atoms with E-state index in [1.54, 1.807) is 17.0 Å². The smallest absolute Gasteiger partial charge is 0.245 e. The van der Waals surface area contributed by atoms with Crippen LogP contribution in [0, 0.1) is 5.92 Å². The number of nitrogens with one attached hydrogen (secondary N) is 1. The third-order valence-corrected chi connectivity index (χ3v) is 11.3. The highest BCUT2D eigenvalue weighted by molar-refractivity contribution is 7.91. The number of hydrogen-bond donors (Lipinski definition) is 2. The number of hydrogen-bond acceptors (Lipinski definition) is 7. The fourth-order valence-electron chi connectivity index (χ4n) is 7.33. The summed E-state index contributed by atoms with van der Waals surface area (Å²) in [5.41, 5.74) is 9.67. The average molecular weight is 644 g/mol. The van der Waals surface area contributed by atoms with Crippen LogP contribution >= 0.6 is 11.6 Å². The van der Waals surface area contributed by atoms with E-state index in [4.69, 9.17) is 17.3 Å². The fourth-order valence-corrected chi connectivity index (χ4v) is 8.36. The van der Waals surface area contributed by atoms with Gasteiger partial charge in [-0.05, 0) is 54.6 Å². The first-order chi connectivity index (χ1) is 21.0. The molecule has 0 radical (unpaired) electrons. The van der Waals surface area contributed by atoms with Crippen molar-refractivity contribution < 1.29 is 18.0 Å². The number of amides is 2. The summed E-state index contributed by atoms with van der Waals surface area (Å²) in [4.78, 5) is 33.6. The monoisotopic (exact) mass is 643 g/mol. The standard InChI is InChI=1S/C33H46ClN5O4S/c1-37-22-25-10-6-7-11-27(25)29(37)21-30(40)36-28(20-23-12-14-26(34)15-13-23)33(41)39-18-16-38(17-19-39)31(32(35)44(2,42)43)24-8-4-3-5-9-24/h6-7,10-15,24,28-29,31-32H,3-5,8-9,16-22,35H2,1-2H3,(H,36,40). The molecule has 2 amide bonds. The van der Waals surface area contributed by atoms with E-state index in [9.17, 15) is 18.0 Å². The number of sulfone groups is 1. The van der Waals surface area contributed by atoms with Crippen molar-refractivity contribution >= 4 is 33.3 Å². The number of rotatable bonds is 10. The van der Waals surface area contributed by atoms with Crippen molar-refractivity contribution in [2.24, 2.45) is 11.7 Å². The van der Waals surface area contributed by atoms with Gasteiger partial charge < -0.3 is 16.0 Å². The number of nitrogens with zero attached hydrogens (tertiary/aromatic N) is 3. The number of piperazine rings is 1. The van der Waals surface area contributed by atoms with Gasteiger partial charge in [0.15, 0.2) is 9.84 Å². The molecule has 0 bridgehead atoms. The summed E-state index contributed by atoms with van der Waals surface area (Å²) >= 11 is 6.11. The lowest BCUT2D eigenvalue weighted by Crippen LogP contribution is -2.62. The lowest BCUT2D eigenvalue weighted by atomic mass is 9.83. The van der Waals surface area contributed by atoms with Gasteiger partial charge in [0.2, 0.25) is 11.8 Å². The van der Waals surface area contributed by atoms with Gasteiger partial charge in [-0.1, -0.05) is 67.3 Å². The summed E-state index contributed by atoms with van der Waals surface area (Å²) in [6, 6.07) is 14.5. The van der Waals surface area contributed by atoms with Crippen molar-refractivity contribution in [3.05, 3.63) is 70.2 Å². The first kappa shape index (κ1) is 32.9. The molecule has 2 aromatic rings. The Bertz CT molecular complexity index is 1410. The summed E-state index contributed by atoms with van der Waals surface area (Å²) in [5, 5.41) is 2.73. The minimum absolute atomic E-state index is 0.0446. The second kappa shape index (κ2) is 14.3. The lowest BCUT2D eigenvalue weighted by molar-refractivity contribution is -0.138. The molecule has 1 saturated carbocycles. The molecule has 240 valence electrons. The van der Waals surface area contributed by atoms with E-state index in [1.165, 1.54) is 18.2 Å². The number of carbonyl (C=O) groups is 2. The highest BCUT2D eigenvalue weighted by Crippen LogP contribution is 2.35. The Hall–Kier alpha value is -2.50. The van der Waals surface area contributed by atoms with Crippen LogP contribution in [0.15, 0.2) is 48.5 Å². The molecule has 1 aliphatic carbocycles. The Balaban J connectivity index is 1.28. The maximum atomic E-state index is 14.0. The Morgan fingerprint density at radius 3 is 2.32 bits per heavy atom. The largest absolute Gasteiger partial charge is 0.344 e. The van der Waals surface area contributed by atoms with Gasteiger partial charge in [-0.2, -0.15) is 0 Å². The molecule has 3 N–H and O–H groups in total. The van der Waals surface area contributed by atoms with Gasteiger partial charge in [-0.3, -0.25) is 19.4 Å². The third-order valence-electron chi connectivity index (χ3n) is 9.74. The minimum Gasteiger partial charge on any atom is -0.344 e. The van der Waals surface area contributed by atoms with E-state index in [0.717, 1.165) is 43.4 Å². The van der Waals surface area contributed by atoms with E-state index >= 15 is 0 Å². The predicted molar refractivity (Wildman–Crippen MR) is 174 cm³/mol. The van der Waals surface area contributed by atoms with Crippen LogP contribution in [-0.2, 0) is 32.4 Å². The first-order valence-corrected chi connectivity index (χ1v) is 18.1.